The van der Waals surface area contributed by atoms with Crippen LogP contribution in [0, 0.1) is 5.41 Å². The zero-order chi connectivity index (χ0) is 13.9. The highest BCUT2D eigenvalue weighted by atomic mass is 15.1. The van der Waals surface area contributed by atoms with Crippen LogP contribution in [0.15, 0.2) is 11.8 Å². The highest BCUT2D eigenvalue weighted by molar-refractivity contribution is 5.92. The Morgan fingerprint density at radius 2 is 1.68 bits per heavy atom. The maximum absolute atomic E-state index is 2.65. The van der Waals surface area contributed by atoms with E-state index in [4.69, 9.17) is 0 Å². The summed E-state index contributed by atoms with van der Waals surface area (Å²) in [6, 6.07) is 0. The molecule has 0 bridgehead atoms. The summed E-state index contributed by atoms with van der Waals surface area (Å²) in [6.07, 6.45) is 9.14. The molecule has 1 saturated heterocycles. The van der Waals surface area contributed by atoms with E-state index < -0.39 is 0 Å². The first-order valence-electron chi connectivity index (χ1n) is 8.12. The third-order valence-electron chi connectivity index (χ3n) is 4.58. The van der Waals surface area contributed by atoms with Gasteiger partial charge >= 0.3 is 0 Å². The summed E-state index contributed by atoms with van der Waals surface area (Å²) in [5.41, 5.74) is 3.57. The minimum absolute atomic E-state index is 0.416. The van der Waals surface area contributed by atoms with Gasteiger partial charge in [0.05, 0.1) is 0 Å². The van der Waals surface area contributed by atoms with Gasteiger partial charge in [-0.05, 0) is 32.1 Å². The van der Waals surface area contributed by atoms with Crippen LogP contribution in [0.4, 0.5) is 0 Å². The molecule has 108 valence electrons. The molecule has 2 nitrogen and oxygen atoms in total. The maximum Gasteiger partial charge on any atom is 0.178 e. The summed E-state index contributed by atoms with van der Waals surface area (Å²) in [7, 11) is 0. The minimum atomic E-state index is 0.416. The molecule has 0 saturated carbocycles. The second-order valence-corrected chi connectivity index (χ2v) is 6.86. The van der Waals surface area contributed by atoms with Crippen LogP contribution in [0.3, 0.4) is 0 Å². The van der Waals surface area contributed by atoms with Crippen molar-refractivity contribution in [2.45, 2.75) is 59.8 Å². The van der Waals surface area contributed by atoms with Gasteiger partial charge < -0.3 is 4.90 Å². The molecule has 2 heteroatoms. The smallest absolute Gasteiger partial charge is 0.178 e. The van der Waals surface area contributed by atoms with Crippen molar-refractivity contribution in [3.63, 3.8) is 0 Å². The van der Waals surface area contributed by atoms with Crippen molar-refractivity contribution in [2.24, 2.45) is 5.41 Å². The van der Waals surface area contributed by atoms with Gasteiger partial charge in [-0.25, -0.2) is 4.58 Å². The van der Waals surface area contributed by atoms with Crippen molar-refractivity contribution in [2.75, 3.05) is 26.2 Å². The fourth-order valence-corrected chi connectivity index (χ4v) is 3.55. The Hall–Kier alpha value is -0.790. The van der Waals surface area contributed by atoms with E-state index in [-0.39, 0.29) is 0 Å². The van der Waals surface area contributed by atoms with Crippen molar-refractivity contribution in [1.82, 2.24) is 4.90 Å². The van der Waals surface area contributed by atoms with Crippen LogP contribution < -0.4 is 0 Å². The molecule has 0 radical (unpaired) electrons. The van der Waals surface area contributed by atoms with Gasteiger partial charge in [0.15, 0.2) is 5.71 Å². The zero-order valence-corrected chi connectivity index (χ0v) is 13.3. The monoisotopic (exact) mass is 263 g/mol. The third kappa shape index (κ3) is 3.61. The average molecular weight is 263 g/mol. The van der Waals surface area contributed by atoms with Crippen LogP contribution >= 0.6 is 0 Å². The molecule has 0 aromatic rings. The lowest BCUT2D eigenvalue weighted by Gasteiger charge is -2.35. The van der Waals surface area contributed by atoms with Crippen LogP contribution in [0.5, 0.6) is 0 Å². The molecule has 0 aromatic heterocycles. The van der Waals surface area contributed by atoms with E-state index in [0.717, 1.165) is 13.1 Å². The number of rotatable bonds is 3. The molecule has 2 aliphatic rings. The first-order chi connectivity index (χ1) is 9.05. The molecule has 0 aromatic carbocycles. The fraction of sp³-hybridized carbons (Fsp3) is 0.824. The molecule has 0 spiro atoms. The van der Waals surface area contributed by atoms with Crippen molar-refractivity contribution in [1.29, 1.82) is 0 Å². The van der Waals surface area contributed by atoms with E-state index in [9.17, 15) is 0 Å². The molecule has 1 aliphatic heterocycles. The Bertz CT molecular complexity index is 365. The zero-order valence-electron chi connectivity index (χ0n) is 13.3. The number of allylic oxidation sites excluding steroid dienone is 2. The van der Waals surface area contributed by atoms with Crippen molar-refractivity contribution in [3.05, 3.63) is 11.8 Å². The number of piperidine rings is 1. The van der Waals surface area contributed by atoms with Crippen LogP contribution in [0.25, 0.3) is 0 Å². The molecule has 2 rings (SSSR count). The molecular weight excluding hydrogens is 232 g/mol. The lowest BCUT2D eigenvalue weighted by molar-refractivity contribution is -0.538. The summed E-state index contributed by atoms with van der Waals surface area (Å²) >= 11 is 0. The van der Waals surface area contributed by atoms with Gasteiger partial charge in [-0.2, -0.15) is 0 Å². The van der Waals surface area contributed by atoms with E-state index in [1.165, 1.54) is 45.2 Å². The second kappa shape index (κ2) is 6.11. The van der Waals surface area contributed by atoms with Gasteiger partial charge in [-0.15, -0.1) is 0 Å². The van der Waals surface area contributed by atoms with E-state index in [2.05, 4.69) is 43.2 Å². The molecule has 0 N–H and O–H groups in total. The molecule has 0 atom stereocenters. The predicted octanol–water partition coefficient (Wildman–Crippen LogP) is 3.67. The quantitative estimate of drug-likeness (QED) is 0.704. The topological polar surface area (TPSA) is 6.25 Å². The van der Waals surface area contributed by atoms with E-state index in [1.54, 1.807) is 11.4 Å². The third-order valence-corrected chi connectivity index (χ3v) is 4.58. The Balaban J connectivity index is 2.29. The fourth-order valence-electron chi connectivity index (χ4n) is 3.55. The van der Waals surface area contributed by atoms with E-state index in [0.29, 0.717) is 5.41 Å². The molecule has 1 fully saturated rings. The van der Waals surface area contributed by atoms with E-state index in [1.807, 2.05) is 0 Å². The normalized spacial score (nSPS) is 23.3. The molecule has 19 heavy (non-hydrogen) atoms. The SMILES string of the molecule is CCN(CC)C1=CC(=[N+]2CCCCC2)CC(C)(C)C1. The Labute approximate surface area is 119 Å². The summed E-state index contributed by atoms with van der Waals surface area (Å²) < 4.78 is 2.65. The molecule has 0 amide bonds. The van der Waals surface area contributed by atoms with Crippen LogP contribution in [0.1, 0.15) is 59.8 Å². The van der Waals surface area contributed by atoms with Gasteiger partial charge in [0.2, 0.25) is 0 Å². The van der Waals surface area contributed by atoms with Crippen LogP contribution in [0.2, 0.25) is 0 Å². The van der Waals surface area contributed by atoms with Crippen molar-refractivity contribution >= 4 is 5.71 Å². The number of nitrogens with zero attached hydrogens (tertiary/aromatic N) is 2. The van der Waals surface area contributed by atoms with Gasteiger partial charge in [0.25, 0.3) is 0 Å². The molecule has 1 heterocycles. The van der Waals surface area contributed by atoms with Crippen molar-refractivity contribution < 1.29 is 4.58 Å². The van der Waals surface area contributed by atoms with E-state index >= 15 is 0 Å². The van der Waals surface area contributed by atoms with Crippen molar-refractivity contribution in [3.8, 4) is 0 Å². The first kappa shape index (κ1) is 14.6. The largest absolute Gasteiger partial charge is 0.375 e. The molecule has 0 unspecified atom stereocenters. The Morgan fingerprint density at radius 3 is 2.26 bits per heavy atom. The highest BCUT2D eigenvalue weighted by Gasteiger charge is 2.32. The Kier molecular flexibility index (Phi) is 4.70. The summed E-state index contributed by atoms with van der Waals surface area (Å²) in [5, 5.41) is 0. The maximum atomic E-state index is 2.65. The minimum Gasteiger partial charge on any atom is -0.375 e. The number of hydrogen-bond acceptors (Lipinski definition) is 1. The lowest BCUT2D eigenvalue weighted by Crippen LogP contribution is -2.36. The van der Waals surface area contributed by atoms with Crippen LogP contribution in [-0.4, -0.2) is 41.4 Å². The molecule has 1 aliphatic carbocycles. The summed E-state index contributed by atoms with van der Waals surface area (Å²) in [6.45, 7) is 14.2. The summed E-state index contributed by atoms with van der Waals surface area (Å²) in [5.74, 6) is 0. The van der Waals surface area contributed by atoms with Gasteiger partial charge in [0, 0.05) is 44.1 Å². The number of hydrogen-bond donors (Lipinski definition) is 0. The van der Waals surface area contributed by atoms with Gasteiger partial charge in [0.1, 0.15) is 13.1 Å². The average Bonchev–Trinajstić information content (AvgIpc) is 2.39. The predicted molar refractivity (Wildman–Crippen MR) is 82.9 cm³/mol. The summed E-state index contributed by atoms with van der Waals surface area (Å²) in [4.78, 5) is 2.53. The molecular formula is C17H31N2+. The lowest BCUT2D eigenvalue weighted by atomic mass is 9.78. The van der Waals surface area contributed by atoms with Gasteiger partial charge in [-0.1, -0.05) is 13.8 Å². The Morgan fingerprint density at radius 1 is 1.05 bits per heavy atom. The van der Waals surface area contributed by atoms with Gasteiger partial charge in [-0.3, -0.25) is 0 Å². The highest BCUT2D eigenvalue weighted by Crippen LogP contribution is 2.35. The first-order valence-corrected chi connectivity index (χ1v) is 8.12. The second-order valence-electron chi connectivity index (χ2n) is 6.86. The standard InChI is InChI=1S/C17H31N2/c1-5-18(6-2)15-12-16(14-17(3,4)13-15)19-10-8-7-9-11-19/h12H,5-11,13-14H2,1-4H3/q+1. The van der Waals surface area contributed by atoms with Crippen LogP contribution in [-0.2, 0) is 0 Å².